The summed E-state index contributed by atoms with van der Waals surface area (Å²) in [6.07, 6.45) is 0.758. The first-order valence-corrected chi connectivity index (χ1v) is 6.48. The van der Waals surface area contributed by atoms with Crippen LogP contribution in [0.3, 0.4) is 0 Å². The summed E-state index contributed by atoms with van der Waals surface area (Å²) in [6, 6.07) is -0.00290. The van der Waals surface area contributed by atoms with E-state index >= 15 is 0 Å². The monoisotopic (exact) mass is 258 g/mol. The highest BCUT2D eigenvalue weighted by Gasteiger charge is 2.28. The molecule has 5 nitrogen and oxygen atoms in total. The van der Waals surface area contributed by atoms with Gasteiger partial charge in [-0.3, -0.25) is 0 Å². The minimum atomic E-state index is -3.14. The SMILES string of the molecule is CCOCCS(=O)(=O)N1CCC(N)C1.Cl. The van der Waals surface area contributed by atoms with Crippen molar-refractivity contribution >= 4 is 22.4 Å². The molecule has 0 amide bonds. The maximum atomic E-state index is 11.6. The van der Waals surface area contributed by atoms with Gasteiger partial charge in [0.25, 0.3) is 0 Å². The van der Waals surface area contributed by atoms with Crippen molar-refractivity contribution in [2.24, 2.45) is 5.73 Å². The number of halogens is 1. The van der Waals surface area contributed by atoms with Crippen molar-refractivity contribution in [3.05, 3.63) is 0 Å². The van der Waals surface area contributed by atoms with Gasteiger partial charge in [0, 0.05) is 25.7 Å². The van der Waals surface area contributed by atoms with E-state index in [0.717, 1.165) is 6.42 Å². The second-order valence-corrected chi connectivity index (χ2v) is 5.51. The van der Waals surface area contributed by atoms with E-state index in [1.807, 2.05) is 6.92 Å². The first-order chi connectivity index (χ1) is 6.56. The molecule has 1 fully saturated rings. The molecule has 1 aliphatic heterocycles. The number of nitrogens with two attached hydrogens (primary N) is 1. The molecule has 7 heteroatoms. The molecule has 1 aliphatic rings. The molecule has 0 aliphatic carbocycles. The Hall–Kier alpha value is 0.120. The van der Waals surface area contributed by atoms with Crippen molar-refractivity contribution in [3.63, 3.8) is 0 Å². The van der Waals surface area contributed by atoms with Gasteiger partial charge in [-0.25, -0.2) is 12.7 Å². The minimum Gasteiger partial charge on any atom is -0.381 e. The molecule has 1 saturated heterocycles. The lowest BCUT2D eigenvalue weighted by Gasteiger charge is -2.15. The zero-order valence-electron chi connectivity index (χ0n) is 8.89. The maximum absolute atomic E-state index is 11.6. The third-order valence-corrected chi connectivity index (χ3v) is 4.07. The van der Waals surface area contributed by atoms with Gasteiger partial charge in [-0.2, -0.15) is 0 Å². The molecule has 0 aromatic carbocycles. The molecule has 15 heavy (non-hydrogen) atoms. The predicted octanol–water partition coefficient (Wildman–Crippen LogP) is -0.192. The van der Waals surface area contributed by atoms with Crippen LogP contribution in [0.1, 0.15) is 13.3 Å². The second kappa shape index (κ2) is 6.65. The Bertz CT molecular complexity index is 271. The summed E-state index contributed by atoms with van der Waals surface area (Å²) in [4.78, 5) is 0. The largest absolute Gasteiger partial charge is 0.381 e. The number of hydrogen-bond donors (Lipinski definition) is 1. The van der Waals surface area contributed by atoms with E-state index < -0.39 is 10.0 Å². The summed E-state index contributed by atoms with van der Waals surface area (Å²) >= 11 is 0. The van der Waals surface area contributed by atoms with E-state index in [4.69, 9.17) is 10.5 Å². The van der Waals surface area contributed by atoms with Crippen molar-refractivity contribution in [3.8, 4) is 0 Å². The molecule has 0 saturated carbocycles. The van der Waals surface area contributed by atoms with Crippen LogP contribution in [0.2, 0.25) is 0 Å². The molecule has 1 atom stereocenters. The molecule has 0 radical (unpaired) electrons. The molecular formula is C8H19ClN2O3S. The van der Waals surface area contributed by atoms with E-state index in [1.165, 1.54) is 4.31 Å². The smallest absolute Gasteiger partial charge is 0.216 e. The number of sulfonamides is 1. The summed E-state index contributed by atoms with van der Waals surface area (Å²) < 4.78 is 29.8. The minimum absolute atomic E-state index is 0. The zero-order valence-corrected chi connectivity index (χ0v) is 10.5. The molecule has 0 aromatic heterocycles. The van der Waals surface area contributed by atoms with Crippen LogP contribution in [0.25, 0.3) is 0 Å². The molecule has 2 N–H and O–H groups in total. The highest BCUT2D eigenvalue weighted by atomic mass is 35.5. The standard InChI is InChI=1S/C8H18N2O3S.ClH/c1-2-13-5-6-14(11,12)10-4-3-8(9)7-10;/h8H,2-7,9H2,1H3;1H. The lowest BCUT2D eigenvalue weighted by Crippen LogP contribution is -2.34. The van der Waals surface area contributed by atoms with Crippen LogP contribution >= 0.6 is 12.4 Å². The van der Waals surface area contributed by atoms with Crippen molar-refractivity contribution in [1.82, 2.24) is 4.31 Å². The van der Waals surface area contributed by atoms with E-state index in [1.54, 1.807) is 0 Å². The van der Waals surface area contributed by atoms with Gasteiger partial charge in [0.2, 0.25) is 10.0 Å². The number of nitrogens with zero attached hydrogens (tertiary/aromatic N) is 1. The second-order valence-electron chi connectivity index (χ2n) is 3.42. The van der Waals surface area contributed by atoms with Crippen molar-refractivity contribution in [2.75, 3.05) is 32.1 Å². The molecule has 0 spiro atoms. The highest BCUT2D eigenvalue weighted by molar-refractivity contribution is 7.89. The van der Waals surface area contributed by atoms with Crippen LogP contribution in [-0.4, -0.2) is 50.8 Å². The quantitative estimate of drug-likeness (QED) is 0.694. The summed E-state index contributed by atoms with van der Waals surface area (Å²) in [5.74, 6) is 0.0631. The Morgan fingerprint density at radius 2 is 2.20 bits per heavy atom. The fourth-order valence-corrected chi connectivity index (χ4v) is 2.83. The Morgan fingerprint density at radius 1 is 1.53 bits per heavy atom. The van der Waals surface area contributed by atoms with Gasteiger partial charge in [-0.15, -0.1) is 12.4 Å². The first kappa shape index (κ1) is 15.1. The molecule has 1 heterocycles. The molecular weight excluding hydrogens is 240 g/mol. The highest BCUT2D eigenvalue weighted by Crippen LogP contribution is 2.12. The number of rotatable bonds is 5. The van der Waals surface area contributed by atoms with E-state index in [2.05, 4.69) is 0 Å². The fraction of sp³-hybridized carbons (Fsp3) is 1.00. The predicted molar refractivity (Wildman–Crippen MR) is 61.7 cm³/mol. The summed E-state index contributed by atoms with van der Waals surface area (Å²) in [7, 11) is -3.14. The number of ether oxygens (including phenoxy) is 1. The molecule has 92 valence electrons. The molecule has 0 aromatic rings. The van der Waals surface area contributed by atoms with Crippen LogP contribution in [0.15, 0.2) is 0 Å². The lowest BCUT2D eigenvalue weighted by atomic mass is 10.3. The summed E-state index contributed by atoms with van der Waals surface area (Å²) in [6.45, 7) is 3.67. The normalized spacial score (nSPS) is 22.7. The topological polar surface area (TPSA) is 72.6 Å². The van der Waals surface area contributed by atoms with Crippen molar-refractivity contribution in [2.45, 2.75) is 19.4 Å². The molecule has 1 unspecified atom stereocenters. The van der Waals surface area contributed by atoms with Crippen molar-refractivity contribution < 1.29 is 13.2 Å². The Balaban J connectivity index is 0.00000196. The summed E-state index contributed by atoms with van der Waals surface area (Å²) in [5, 5.41) is 0. The first-order valence-electron chi connectivity index (χ1n) is 4.87. The van der Waals surface area contributed by atoms with Crippen molar-refractivity contribution in [1.29, 1.82) is 0 Å². The molecule has 0 bridgehead atoms. The van der Waals surface area contributed by atoms with Gasteiger partial charge < -0.3 is 10.5 Å². The van der Waals surface area contributed by atoms with Crippen LogP contribution < -0.4 is 5.73 Å². The van der Waals surface area contributed by atoms with E-state index in [-0.39, 0.29) is 30.8 Å². The Labute approximate surface area is 97.4 Å². The Kier molecular flexibility index (Phi) is 6.70. The number of hydrogen-bond acceptors (Lipinski definition) is 4. The molecule has 1 rings (SSSR count). The fourth-order valence-electron chi connectivity index (χ4n) is 1.44. The van der Waals surface area contributed by atoms with Gasteiger partial charge in [-0.1, -0.05) is 0 Å². The zero-order chi connectivity index (χ0) is 10.6. The van der Waals surface area contributed by atoms with Gasteiger partial charge in [0.05, 0.1) is 12.4 Å². The van der Waals surface area contributed by atoms with Crippen LogP contribution in [0, 0.1) is 0 Å². The lowest BCUT2D eigenvalue weighted by molar-refractivity contribution is 0.162. The van der Waals surface area contributed by atoms with Gasteiger partial charge in [0.1, 0.15) is 0 Å². The average Bonchev–Trinajstić information content (AvgIpc) is 2.53. The van der Waals surface area contributed by atoms with E-state index in [9.17, 15) is 8.42 Å². The van der Waals surface area contributed by atoms with E-state index in [0.29, 0.717) is 19.7 Å². The van der Waals surface area contributed by atoms with Gasteiger partial charge in [0.15, 0.2) is 0 Å². The third-order valence-electron chi connectivity index (χ3n) is 2.27. The van der Waals surface area contributed by atoms with Gasteiger partial charge >= 0.3 is 0 Å². The van der Waals surface area contributed by atoms with Gasteiger partial charge in [-0.05, 0) is 13.3 Å². The summed E-state index contributed by atoms with van der Waals surface area (Å²) in [5.41, 5.74) is 5.64. The Morgan fingerprint density at radius 3 is 2.67 bits per heavy atom. The third kappa shape index (κ3) is 4.65. The van der Waals surface area contributed by atoms with Crippen LogP contribution in [-0.2, 0) is 14.8 Å². The van der Waals surface area contributed by atoms with Crippen LogP contribution in [0.5, 0.6) is 0 Å². The maximum Gasteiger partial charge on any atom is 0.216 e. The van der Waals surface area contributed by atoms with Crippen LogP contribution in [0.4, 0.5) is 0 Å². The average molecular weight is 259 g/mol.